The van der Waals surface area contributed by atoms with Crippen LogP contribution in [0.4, 0.5) is 0 Å². The Kier molecular flexibility index (Phi) is 5.22. The quantitative estimate of drug-likeness (QED) is 0.584. The van der Waals surface area contributed by atoms with Crippen molar-refractivity contribution in [1.29, 1.82) is 0 Å². The maximum atomic E-state index is 11.0. The Labute approximate surface area is 85.9 Å². The van der Waals surface area contributed by atoms with Crippen molar-refractivity contribution in [2.45, 2.75) is 26.2 Å². The molecule has 2 N–H and O–H groups in total. The molecule has 1 unspecified atom stereocenters. The molecule has 0 aliphatic rings. The zero-order valence-corrected chi connectivity index (χ0v) is 8.23. The average Bonchev–Trinajstić information content (AvgIpc) is 2.15. The van der Waals surface area contributed by atoms with Crippen LogP contribution >= 0.6 is 0 Å². The van der Waals surface area contributed by atoms with Gasteiger partial charge in [-0.25, -0.2) is 9.59 Å². The number of rotatable bonds is 7. The molecule has 15 heavy (non-hydrogen) atoms. The molecule has 6 heteroatoms. The lowest BCUT2D eigenvalue weighted by molar-refractivity contribution is -0.153. The minimum atomic E-state index is -1.64. The first-order valence-corrected chi connectivity index (χ1v) is 4.43. The molecule has 0 aromatic heterocycles. The molecule has 0 bridgehead atoms. The van der Waals surface area contributed by atoms with E-state index in [4.69, 9.17) is 10.2 Å². The molecule has 0 aromatic carbocycles. The summed E-state index contributed by atoms with van der Waals surface area (Å²) in [5.74, 6) is -6.55. The van der Waals surface area contributed by atoms with Gasteiger partial charge in [0.15, 0.2) is 0 Å². The molecular weight excluding hydrogens is 204 g/mol. The number of hydrogen-bond donors (Lipinski definition) is 2. The lowest BCUT2D eigenvalue weighted by Gasteiger charge is -2.09. The van der Waals surface area contributed by atoms with Gasteiger partial charge in [0.05, 0.1) is 0 Å². The van der Waals surface area contributed by atoms with Gasteiger partial charge in [-0.3, -0.25) is 9.59 Å². The first-order chi connectivity index (χ1) is 6.90. The number of carbonyl (C=O) groups is 4. The lowest BCUT2D eigenvalue weighted by atomic mass is 9.93. The van der Waals surface area contributed by atoms with Crippen LogP contribution in [-0.2, 0) is 19.2 Å². The molecule has 1 atom stereocenters. The van der Waals surface area contributed by atoms with E-state index >= 15 is 0 Å². The number of carboxylic acids is 2. The molecule has 0 aliphatic carbocycles. The van der Waals surface area contributed by atoms with Crippen LogP contribution in [0.15, 0.2) is 0 Å². The number of ketones is 2. The molecule has 6 nitrogen and oxygen atoms in total. The largest absolute Gasteiger partial charge is 0.476 e. The van der Waals surface area contributed by atoms with E-state index in [1.807, 2.05) is 0 Å². The second-order valence-corrected chi connectivity index (χ2v) is 3.09. The third-order valence-corrected chi connectivity index (χ3v) is 1.89. The van der Waals surface area contributed by atoms with Crippen LogP contribution in [0.3, 0.4) is 0 Å². The molecule has 0 rings (SSSR count). The van der Waals surface area contributed by atoms with Gasteiger partial charge < -0.3 is 10.2 Å². The third kappa shape index (κ3) is 4.35. The summed E-state index contributed by atoms with van der Waals surface area (Å²) in [4.78, 5) is 42.4. The fourth-order valence-electron chi connectivity index (χ4n) is 1.16. The Bertz CT molecular complexity index is 293. The van der Waals surface area contributed by atoms with Gasteiger partial charge in [-0.15, -0.1) is 0 Å². The Balaban J connectivity index is 4.54. The van der Waals surface area contributed by atoms with Gasteiger partial charge in [-0.1, -0.05) is 13.3 Å². The summed E-state index contributed by atoms with van der Waals surface area (Å²) in [5.41, 5.74) is 0. The van der Waals surface area contributed by atoms with Crippen LogP contribution < -0.4 is 0 Å². The molecule has 0 saturated carbocycles. The molecular formula is C9H12O6. The van der Waals surface area contributed by atoms with E-state index in [-0.39, 0.29) is 6.42 Å². The van der Waals surface area contributed by atoms with Gasteiger partial charge in [0.2, 0.25) is 11.6 Å². The lowest BCUT2D eigenvalue weighted by Crippen LogP contribution is -2.27. The van der Waals surface area contributed by atoms with E-state index in [0.717, 1.165) is 0 Å². The van der Waals surface area contributed by atoms with Gasteiger partial charge in [0.25, 0.3) is 0 Å². The normalized spacial score (nSPS) is 11.8. The molecule has 0 radical (unpaired) electrons. The molecule has 0 amide bonds. The highest BCUT2D eigenvalue weighted by molar-refractivity contribution is 6.37. The van der Waals surface area contributed by atoms with Crippen molar-refractivity contribution in [3.8, 4) is 0 Å². The zero-order chi connectivity index (χ0) is 12.0. The van der Waals surface area contributed by atoms with Gasteiger partial charge in [0.1, 0.15) is 0 Å². The van der Waals surface area contributed by atoms with Crippen molar-refractivity contribution in [1.82, 2.24) is 0 Å². The maximum Gasteiger partial charge on any atom is 0.372 e. The summed E-state index contributed by atoms with van der Waals surface area (Å²) in [6, 6.07) is 0. The molecule has 0 spiro atoms. The van der Waals surface area contributed by atoms with Gasteiger partial charge in [0, 0.05) is 12.3 Å². The molecule has 84 valence electrons. The highest BCUT2D eigenvalue weighted by Gasteiger charge is 2.28. The summed E-state index contributed by atoms with van der Waals surface area (Å²) < 4.78 is 0. The predicted octanol–water partition coefficient (Wildman–Crippen LogP) is 0.100. The third-order valence-electron chi connectivity index (χ3n) is 1.89. The number of carbonyl (C=O) groups excluding carboxylic acids is 2. The summed E-state index contributed by atoms with van der Waals surface area (Å²) in [7, 11) is 0. The first kappa shape index (κ1) is 13.3. The number of Topliss-reactive ketones (excluding diaryl/α,β-unsaturated/α-hetero) is 2. The van der Waals surface area contributed by atoms with Gasteiger partial charge >= 0.3 is 11.9 Å². The fourth-order valence-corrected chi connectivity index (χ4v) is 1.16. The van der Waals surface area contributed by atoms with E-state index < -0.39 is 35.8 Å². The number of carboxylic acid groups (broad SMARTS) is 2. The van der Waals surface area contributed by atoms with Crippen LogP contribution in [0.5, 0.6) is 0 Å². The second kappa shape index (κ2) is 5.90. The van der Waals surface area contributed by atoms with Crippen molar-refractivity contribution >= 4 is 23.5 Å². The van der Waals surface area contributed by atoms with Crippen molar-refractivity contribution in [2.24, 2.45) is 5.92 Å². The first-order valence-electron chi connectivity index (χ1n) is 4.43. The zero-order valence-electron chi connectivity index (χ0n) is 8.23. The fraction of sp³-hybridized carbons (Fsp3) is 0.556. The molecule has 0 heterocycles. The topological polar surface area (TPSA) is 109 Å². The number of aliphatic carboxylic acids is 2. The van der Waals surface area contributed by atoms with Gasteiger partial charge in [-0.2, -0.15) is 0 Å². The van der Waals surface area contributed by atoms with Crippen LogP contribution in [-0.4, -0.2) is 33.7 Å². The Morgan fingerprint density at radius 1 is 1.07 bits per heavy atom. The average molecular weight is 216 g/mol. The second-order valence-electron chi connectivity index (χ2n) is 3.09. The Morgan fingerprint density at radius 3 is 1.93 bits per heavy atom. The van der Waals surface area contributed by atoms with Crippen LogP contribution in [0.1, 0.15) is 26.2 Å². The van der Waals surface area contributed by atoms with E-state index in [0.29, 0.717) is 6.42 Å². The maximum absolute atomic E-state index is 11.0. The Hall–Kier alpha value is -1.72. The van der Waals surface area contributed by atoms with Crippen molar-refractivity contribution in [3.05, 3.63) is 0 Å². The highest BCUT2D eigenvalue weighted by atomic mass is 16.4. The summed E-state index contributed by atoms with van der Waals surface area (Å²) >= 11 is 0. The van der Waals surface area contributed by atoms with Crippen molar-refractivity contribution < 1.29 is 29.4 Å². The molecule has 0 fully saturated rings. The minimum Gasteiger partial charge on any atom is -0.476 e. The van der Waals surface area contributed by atoms with E-state index in [9.17, 15) is 19.2 Å². The van der Waals surface area contributed by atoms with Gasteiger partial charge in [-0.05, 0) is 6.42 Å². The monoisotopic (exact) mass is 216 g/mol. The van der Waals surface area contributed by atoms with Crippen LogP contribution in [0, 0.1) is 5.92 Å². The standard InChI is InChI=1S/C9H12O6/c1-2-3-5(7(11)9(14)15)4-6(10)8(12)13/h5H,2-4H2,1H3,(H,12,13)(H,14,15). The molecule has 0 aliphatic heterocycles. The van der Waals surface area contributed by atoms with Crippen LogP contribution in [0.25, 0.3) is 0 Å². The summed E-state index contributed by atoms with van der Waals surface area (Å²) in [6.07, 6.45) is 0.162. The number of hydrogen-bond acceptors (Lipinski definition) is 4. The smallest absolute Gasteiger partial charge is 0.372 e. The summed E-state index contributed by atoms with van der Waals surface area (Å²) in [6.45, 7) is 1.72. The molecule has 0 aromatic rings. The minimum absolute atomic E-state index is 0.199. The predicted molar refractivity (Wildman–Crippen MR) is 48.3 cm³/mol. The van der Waals surface area contributed by atoms with Crippen molar-refractivity contribution in [3.63, 3.8) is 0 Å². The Morgan fingerprint density at radius 2 is 1.60 bits per heavy atom. The van der Waals surface area contributed by atoms with Crippen molar-refractivity contribution in [2.75, 3.05) is 0 Å². The van der Waals surface area contributed by atoms with E-state index in [1.165, 1.54) is 0 Å². The highest BCUT2D eigenvalue weighted by Crippen LogP contribution is 2.13. The summed E-state index contributed by atoms with van der Waals surface area (Å²) in [5, 5.41) is 16.7. The van der Waals surface area contributed by atoms with Crippen LogP contribution in [0.2, 0.25) is 0 Å². The molecule has 0 saturated heterocycles. The van der Waals surface area contributed by atoms with E-state index in [1.54, 1.807) is 6.92 Å². The van der Waals surface area contributed by atoms with E-state index in [2.05, 4.69) is 0 Å². The SMILES string of the molecule is CCCC(CC(=O)C(=O)O)C(=O)C(=O)O.